The van der Waals surface area contributed by atoms with Crippen LogP contribution in [0.3, 0.4) is 0 Å². The molecule has 1 aliphatic rings. The van der Waals surface area contributed by atoms with E-state index in [9.17, 15) is 9.18 Å². The summed E-state index contributed by atoms with van der Waals surface area (Å²) < 4.78 is 12.7. The molecule has 0 heterocycles. The van der Waals surface area contributed by atoms with Crippen LogP contribution in [-0.4, -0.2) is 26.0 Å². The first-order valence-corrected chi connectivity index (χ1v) is 6.34. The summed E-state index contributed by atoms with van der Waals surface area (Å²) in [6.07, 6.45) is 2.67. The minimum absolute atomic E-state index is 0.138. The van der Waals surface area contributed by atoms with Crippen LogP contribution in [0, 0.1) is 11.2 Å². The fourth-order valence-electron chi connectivity index (χ4n) is 2.13. The van der Waals surface area contributed by atoms with Crippen molar-refractivity contribution in [2.75, 3.05) is 20.1 Å². The van der Waals surface area contributed by atoms with Gasteiger partial charge in [0.1, 0.15) is 5.82 Å². The van der Waals surface area contributed by atoms with E-state index in [-0.39, 0.29) is 17.1 Å². The molecule has 1 aromatic rings. The van der Waals surface area contributed by atoms with Gasteiger partial charge in [-0.05, 0) is 44.0 Å². The van der Waals surface area contributed by atoms with E-state index in [4.69, 9.17) is 0 Å². The molecule has 0 spiro atoms. The van der Waals surface area contributed by atoms with Gasteiger partial charge in [0.2, 0.25) is 5.91 Å². The van der Waals surface area contributed by atoms with E-state index < -0.39 is 0 Å². The maximum absolute atomic E-state index is 12.7. The van der Waals surface area contributed by atoms with E-state index in [1.54, 1.807) is 12.1 Å². The largest absolute Gasteiger partial charge is 0.355 e. The quantitative estimate of drug-likeness (QED) is 0.803. The summed E-state index contributed by atoms with van der Waals surface area (Å²) in [5, 5.41) is 6.02. The highest BCUT2D eigenvalue weighted by Gasteiger charge is 2.48. The molecular weight excluding hydrogens is 231 g/mol. The Kier molecular flexibility index (Phi) is 3.97. The minimum Gasteiger partial charge on any atom is -0.355 e. The monoisotopic (exact) mass is 250 g/mol. The molecule has 1 fully saturated rings. The van der Waals surface area contributed by atoms with Crippen molar-refractivity contribution in [3.05, 3.63) is 35.6 Å². The van der Waals surface area contributed by atoms with Gasteiger partial charge in [-0.15, -0.1) is 0 Å². The van der Waals surface area contributed by atoms with Gasteiger partial charge in [0.05, 0.1) is 5.41 Å². The average Bonchev–Trinajstić information content (AvgIpc) is 3.13. The predicted molar refractivity (Wildman–Crippen MR) is 68.7 cm³/mol. The zero-order valence-corrected chi connectivity index (χ0v) is 10.6. The topological polar surface area (TPSA) is 41.1 Å². The Labute approximate surface area is 107 Å². The van der Waals surface area contributed by atoms with Gasteiger partial charge in [-0.1, -0.05) is 12.1 Å². The van der Waals surface area contributed by atoms with Crippen molar-refractivity contribution in [3.63, 3.8) is 0 Å². The lowest BCUT2D eigenvalue weighted by atomic mass is 10.1. The van der Waals surface area contributed by atoms with Crippen LogP contribution in [0.1, 0.15) is 18.4 Å². The third-order valence-corrected chi connectivity index (χ3v) is 3.46. The van der Waals surface area contributed by atoms with Gasteiger partial charge in [-0.3, -0.25) is 4.79 Å². The lowest BCUT2D eigenvalue weighted by molar-refractivity contribution is -0.126. The SMILES string of the molecule is CNCC1(C(=O)NCCc2ccc(F)cc2)CC1. The van der Waals surface area contributed by atoms with Crippen LogP contribution in [-0.2, 0) is 11.2 Å². The van der Waals surface area contributed by atoms with Crippen LogP contribution in [0.5, 0.6) is 0 Å². The molecule has 2 rings (SSSR count). The summed E-state index contributed by atoms with van der Waals surface area (Å²) in [4.78, 5) is 12.0. The number of carbonyl (C=O) groups is 1. The molecule has 0 atom stereocenters. The summed E-state index contributed by atoms with van der Waals surface area (Å²) in [5.74, 6) is -0.0901. The average molecular weight is 250 g/mol. The molecule has 0 saturated heterocycles. The van der Waals surface area contributed by atoms with Gasteiger partial charge in [-0.25, -0.2) is 4.39 Å². The van der Waals surface area contributed by atoms with E-state index in [0.29, 0.717) is 6.54 Å². The summed E-state index contributed by atoms with van der Waals surface area (Å²) in [6, 6.07) is 6.39. The molecule has 4 heteroatoms. The summed E-state index contributed by atoms with van der Waals surface area (Å²) in [7, 11) is 1.87. The Balaban J connectivity index is 1.75. The number of rotatable bonds is 6. The number of carbonyl (C=O) groups excluding carboxylic acids is 1. The van der Waals surface area contributed by atoms with Crippen molar-refractivity contribution in [2.45, 2.75) is 19.3 Å². The Hall–Kier alpha value is -1.42. The number of hydrogen-bond donors (Lipinski definition) is 2. The van der Waals surface area contributed by atoms with E-state index in [0.717, 1.165) is 31.4 Å². The number of benzene rings is 1. The molecule has 1 saturated carbocycles. The van der Waals surface area contributed by atoms with Crippen LogP contribution in [0.2, 0.25) is 0 Å². The third kappa shape index (κ3) is 3.07. The highest BCUT2D eigenvalue weighted by atomic mass is 19.1. The molecule has 98 valence electrons. The second-order valence-electron chi connectivity index (χ2n) is 4.94. The Morgan fingerprint density at radius 1 is 1.33 bits per heavy atom. The van der Waals surface area contributed by atoms with Crippen molar-refractivity contribution in [2.24, 2.45) is 5.41 Å². The van der Waals surface area contributed by atoms with Crippen molar-refractivity contribution in [1.29, 1.82) is 0 Å². The normalized spacial score (nSPS) is 16.3. The molecular formula is C14H19FN2O. The van der Waals surface area contributed by atoms with Gasteiger partial charge in [0.15, 0.2) is 0 Å². The Bertz CT molecular complexity index is 412. The van der Waals surface area contributed by atoms with Crippen molar-refractivity contribution in [3.8, 4) is 0 Å². The van der Waals surface area contributed by atoms with Crippen LogP contribution < -0.4 is 10.6 Å². The van der Waals surface area contributed by atoms with Crippen molar-refractivity contribution >= 4 is 5.91 Å². The molecule has 1 aliphatic carbocycles. The Morgan fingerprint density at radius 2 is 2.00 bits per heavy atom. The fraction of sp³-hybridized carbons (Fsp3) is 0.500. The van der Waals surface area contributed by atoms with Gasteiger partial charge in [-0.2, -0.15) is 0 Å². The summed E-state index contributed by atoms with van der Waals surface area (Å²) in [6.45, 7) is 1.35. The maximum atomic E-state index is 12.7. The molecule has 0 aliphatic heterocycles. The maximum Gasteiger partial charge on any atom is 0.227 e. The molecule has 0 aromatic heterocycles. The molecule has 1 aromatic carbocycles. The van der Waals surface area contributed by atoms with E-state index in [2.05, 4.69) is 10.6 Å². The molecule has 3 nitrogen and oxygen atoms in total. The molecule has 0 bridgehead atoms. The molecule has 1 amide bonds. The summed E-state index contributed by atoms with van der Waals surface area (Å²) in [5.41, 5.74) is 0.868. The smallest absolute Gasteiger partial charge is 0.227 e. The second kappa shape index (κ2) is 5.48. The summed E-state index contributed by atoms with van der Waals surface area (Å²) >= 11 is 0. The number of amides is 1. The van der Waals surface area contributed by atoms with Gasteiger partial charge >= 0.3 is 0 Å². The Morgan fingerprint density at radius 3 is 2.56 bits per heavy atom. The lowest BCUT2D eigenvalue weighted by Crippen LogP contribution is -2.38. The molecule has 0 radical (unpaired) electrons. The number of nitrogens with one attached hydrogen (secondary N) is 2. The van der Waals surface area contributed by atoms with Crippen molar-refractivity contribution in [1.82, 2.24) is 10.6 Å². The van der Waals surface area contributed by atoms with Crippen LogP contribution in [0.25, 0.3) is 0 Å². The van der Waals surface area contributed by atoms with Crippen LogP contribution >= 0.6 is 0 Å². The standard InChI is InChI=1S/C14H19FN2O/c1-16-10-14(7-8-14)13(18)17-9-6-11-2-4-12(15)5-3-11/h2-5,16H,6-10H2,1H3,(H,17,18). The van der Waals surface area contributed by atoms with E-state index in [1.165, 1.54) is 12.1 Å². The number of hydrogen-bond acceptors (Lipinski definition) is 2. The molecule has 2 N–H and O–H groups in total. The highest BCUT2D eigenvalue weighted by Crippen LogP contribution is 2.45. The second-order valence-corrected chi connectivity index (χ2v) is 4.94. The van der Waals surface area contributed by atoms with Gasteiger partial charge in [0.25, 0.3) is 0 Å². The van der Waals surface area contributed by atoms with Crippen molar-refractivity contribution < 1.29 is 9.18 Å². The third-order valence-electron chi connectivity index (χ3n) is 3.46. The highest BCUT2D eigenvalue weighted by molar-refractivity contribution is 5.85. The first kappa shape index (κ1) is 13.0. The van der Waals surface area contributed by atoms with E-state index in [1.807, 2.05) is 7.05 Å². The van der Waals surface area contributed by atoms with Crippen LogP contribution in [0.4, 0.5) is 4.39 Å². The first-order chi connectivity index (χ1) is 8.66. The molecule has 18 heavy (non-hydrogen) atoms. The molecule has 0 unspecified atom stereocenters. The predicted octanol–water partition coefficient (Wildman–Crippen LogP) is 1.48. The zero-order chi connectivity index (χ0) is 13.0. The van der Waals surface area contributed by atoms with Crippen LogP contribution in [0.15, 0.2) is 24.3 Å². The first-order valence-electron chi connectivity index (χ1n) is 6.34. The van der Waals surface area contributed by atoms with Gasteiger partial charge < -0.3 is 10.6 Å². The zero-order valence-electron chi connectivity index (χ0n) is 10.6. The lowest BCUT2D eigenvalue weighted by Gasteiger charge is -2.14. The minimum atomic E-state index is -0.228. The fourth-order valence-corrected chi connectivity index (χ4v) is 2.13. The van der Waals surface area contributed by atoms with E-state index >= 15 is 0 Å². The van der Waals surface area contributed by atoms with Gasteiger partial charge in [0, 0.05) is 13.1 Å². The number of halogens is 1.